The number of aromatic nitrogens is 3. The average Bonchev–Trinajstić information content (AvgIpc) is 3.11. The molecule has 8 nitrogen and oxygen atoms in total. The summed E-state index contributed by atoms with van der Waals surface area (Å²) in [4.78, 5) is 26.7. The summed E-state index contributed by atoms with van der Waals surface area (Å²) in [6.45, 7) is 2.74. The molecule has 12 heteroatoms. The predicted molar refractivity (Wildman–Crippen MR) is 111 cm³/mol. The van der Waals surface area contributed by atoms with Crippen LogP contribution in [0.3, 0.4) is 0 Å². The summed E-state index contributed by atoms with van der Waals surface area (Å²) in [6, 6.07) is 2.63. The minimum atomic E-state index is -0.814. The summed E-state index contributed by atoms with van der Waals surface area (Å²) >= 11 is 12.4. The van der Waals surface area contributed by atoms with Crippen molar-refractivity contribution in [2.24, 2.45) is 0 Å². The predicted octanol–water partition coefficient (Wildman–Crippen LogP) is 3.93. The number of carbonyl (C=O) groups is 2. The first-order chi connectivity index (χ1) is 14.7. The fraction of sp³-hybridized carbons (Fsp3) is 0.158. The zero-order chi connectivity index (χ0) is 22.7. The zero-order valence-electron chi connectivity index (χ0n) is 16.2. The van der Waals surface area contributed by atoms with E-state index < -0.39 is 29.6 Å². The Morgan fingerprint density at radius 2 is 1.87 bits per heavy atom. The second-order valence-corrected chi connectivity index (χ2v) is 7.32. The summed E-state index contributed by atoms with van der Waals surface area (Å²) < 4.78 is 29.5. The van der Waals surface area contributed by atoms with Crippen molar-refractivity contribution >= 4 is 35.1 Å². The number of amides is 3. The lowest BCUT2D eigenvalue weighted by Gasteiger charge is -2.17. The molecule has 1 aromatic carbocycles. The Morgan fingerprint density at radius 3 is 2.48 bits per heavy atom. The van der Waals surface area contributed by atoms with E-state index in [0.717, 1.165) is 12.4 Å². The SMILES string of the molecule is CC(=O)NNC(=O)NC(C)c1ncc(-c2cc(Cl)cc(Cl)c2-n2cc(F)cn2)cc1F. The number of halogens is 4. The molecule has 31 heavy (non-hydrogen) atoms. The number of pyridine rings is 1. The van der Waals surface area contributed by atoms with Gasteiger partial charge in [-0.15, -0.1) is 0 Å². The molecule has 0 spiro atoms. The van der Waals surface area contributed by atoms with Gasteiger partial charge in [-0.1, -0.05) is 23.2 Å². The van der Waals surface area contributed by atoms with Crippen LogP contribution in [0.15, 0.2) is 36.8 Å². The third-order valence-electron chi connectivity index (χ3n) is 4.10. The summed E-state index contributed by atoms with van der Waals surface area (Å²) in [7, 11) is 0. The molecule has 0 fully saturated rings. The average molecular weight is 469 g/mol. The largest absolute Gasteiger partial charge is 0.334 e. The second kappa shape index (κ2) is 9.27. The lowest BCUT2D eigenvalue weighted by Crippen LogP contribution is -2.46. The van der Waals surface area contributed by atoms with Gasteiger partial charge in [0, 0.05) is 29.3 Å². The molecule has 1 atom stereocenters. The maximum atomic E-state index is 14.8. The van der Waals surface area contributed by atoms with Gasteiger partial charge in [-0.3, -0.25) is 15.2 Å². The molecular formula is C19H16Cl2F2N6O2. The summed E-state index contributed by atoms with van der Waals surface area (Å²) in [5.41, 5.74) is 5.16. The molecule has 162 valence electrons. The molecule has 2 aromatic heterocycles. The van der Waals surface area contributed by atoms with Gasteiger partial charge in [0.05, 0.1) is 34.8 Å². The normalized spacial score (nSPS) is 11.7. The zero-order valence-corrected chi connectivity index (χ0v) is 17.7. The van der Waals surface area contributed by atoms with Gasteiger partial charge in [0.25, 0.3) is 0 Å². The van der Waals surface area contributed by atoms with Gasteiger partial charge < -0.3 is 5.32 Å². The number of nitrogens with zero attached hydrogens (tertiary/aromatic N) is 3. The van der Waals surface area contributed by atoms with E-state index in [0.29, 0.717) is 16.8 Å². The first kappa shape index (κ1) is 22.4. The van der Waals surface area contributed by atoms with Crippen LogP contribution in [0.25, 0.3) is 16.8 Å². The highest BCUT2D eigenvalue weighted by molar-refractivity contribution is 6.36. The van der Waals surface area contributed by atoms with E-state index in [2.05, 4.69) is 26.3 Å². The van der Waals surface area contributed by atoms with E-state index >= 15 is 0 Å². The van der Waals surface area contributed by atoms with E-state index in [4.69, 9.17) is 23.2 Å². The van der Waals surface area contributed by atoms with E-state index in [9.17, 15) is 18.4 Å². The molecule has 0 saturated heterocycles. The molecule has 0 aliphatic rings. The van der Waals surface area contributed by atoms with Crippen LogP contribution in [0.2, 0.25) is 10.0 Å². The van der Waals surface area contributed by atoms with E-state index in [-0.39, 0.29) is 15.7 Å². The highest BCUT2D eigenvalue weighted by Gasteiger charge is 2.19. The molecular weight excluding hydrogens is 453 g/mol. The summed E-state index contributed by atoms with van der Waals surface area (Å²) in [5, 5.41) is 6.82. The fourth-order valence-electron chi connectivity index (χ4n) is 2.80. The number of hydrogen-bond acceptors (Lipinski definition) is 4. The summed E-state index contributed by atoms with van der Waals surface area (Å²) in [5.74, 6) is -1.75. The number of hydrazine groups is 1. The molecule has 2 heterocycles. The third kappa shape index (κ3) is 5.28. The highest BCUT2D eigenvalue weighted by atomic mass is 35.5. The second-order valence-electron chi connectivity index (χ2n) is 6.48. The van der Waals surface area contributed by atoms with Crippen LogP contribution >= 0.6 is 23.2 Å². The molecule has 0 aliphatic heterocycles. The molecule has 3 rings (SSSR count). The Balaban J connectivity index is 1.93. The quantitative estimate of drug-likeness (QED) is 0.504. The molecule has 0 aliphatic carbocycles. The Kier molecular flexibility index (Phi) is 6.71. The van der Waals surface area contributed by atoms with Gasteiger partial charge in [-0.05, 0) is 25.1 Å². The minimum Gasteiger partial charge on any atom is -0.329 e. The lowest BCUT2D eigenvalue weighted by atomic mass is 10.0. The highest BCUT2D eigenvalue weighted by Crippen LogP contribution is 2.36. The van der Waals surface area contributed by atoms with Crippen LogP contribution in [0.5, 0.6) is 0 Å². The van der Waals surface area contributed by atoms with E-state index in [1.165, 1.54) is 42.9 Å². The number of benzene rings is 1. The number of nitrogens with one attached hydrogen (secondary N) is 3. The summed E-state index contributed by atoms with van der Waals surface area (Å²) in [6.07, 6.45) is 3.50. The van der Waals surface area contributed by atoms with Crippen molar-refractivity contribution in [1.29, 1.82) is 0 Å². The Labute approximate surface area is 185 Å². The third-order valence-corrected chi connectivity index (χ3v) is 4.61. The monoisotopic (exact) mass is 468 g/mol. The fourth-order valence-corrected chi connectivity index (χ4v) is 3.38. The van der Waals surface area contributed by atoms with Crippen molar-refractivity contribution in [2.75, 3.05) is 0 Å². The Morgan fingerprint density at radius 1 is 1.13 bits per heavy atom. The maximum Gasteiger partial charge on any atom is 0.334 e. The Bertz CT molecular complexity index is 1150. The number of hydrogen-bond donors (Lipinski definition) is 3. The van der Waals surface area contributed by atoms with E-state index in [1.54, 1.807) is 0 Å². The maximum absolute atomic E-state index is 14.8. The molecule has 0 bridgehead atoms. The van der Waals surface area contributed by atoms with Crippen LogP contribution in [-0.2, 0) is 4.79 Å². The molecule has 3 N–H and O–H groups in total. The molecule has 0 radical (unpaired) electrons. The van der Waals surface area contributed by atoms with Gasteiger partial charge in [0.1, 0.15) is 5.82 Å². The molecule has 0 saturated carbocycles. The van der Waals surface area contributed by atoms with Gasteiger partial charge >= 0.3 is 6.03 Å². The van der Waals surface area contributed by atoms with Crippen LogP contribution < -0.4 is 16.2 Å². The standard InChI is InChI=1S/C19H16Cl2F2N6O2/c1-9(26-19(31)28-27-10(2)30)17-16(23)3-11(6-24-17)14-4-12(20)5-15(21)18(14)29-8-13(22)7-25-29/h3-9H,1-2H3,(H,27,30)(H2,26,28,31). The first-order valence-corrected chi connectivity index (χ1v) is 9.59. The van der Waals surface area contributed by atoms with Crippen LogP contribution in [0.4, 0.5) is 13.6 Å². The number of urea groups is 1. The van der Waals surface area contributed by atoms with Crippen LogP contribution in [-0.4, -0.2) is 26.7 Å². The smallest absolute Gasteiger partial charge is 0.329 e. The van der Waals surface area contributed by atoms with Crippen molar-refractivity contribution in [3.05, 3.63) is 64.2 Å². The van der Waals surface area contributed by atoms with Crippen LogP contribution in [0.1, 0.15) is 25.6 Å². The van der Waals surface area contributed by atoms with Crippen molar-refractivity contribution in [3.8, 4) is 16.8 Å². The van der Waals surface area contributed by atoms with Crippen molar-refractivity contribution < 1.29 is 18.4 Å². The molecule has 3 aromatic rings. The van der Waals surface area contributed by atoms with Crippen molar-refractivity contribution in [2.45, 2.75) is 19.9 Å². The first-order valence-electron chi connectivity index (χ1n) is 8.84. The van der Waals surface area contributed by atoms with Gasteiger partial charge in [0.15, 0.2) is 5.82 Å². The molecule has 3 amide bonds. The van der Waals surface area contributed by atoms with Gasteiger partial charge in [0.2, 0.25) is 5.91 Å². The van der Waals surface area contributed by atoms with Crippen LogP contribution in [0, 0.1) is 11.6 Å². The van der Waals surface area contributed by atoms with Crippen molar-refractivity contribution in [1.82, 2.24) is 30.9 Å². The van der Waals surface area contributed by atoms with Gasteiger partial charge in [-0.2, -0.15) is 5.10 Å². The minimum absolute atomic E-state index is 0.0402. The topological polar surface area (TPSA) is 101 Å². The van der Waals surface area contributed by atoms with E-state index in [1.807, 2.05) is 0 Å². The van der Waals surface area contributed by atoms with Crippen molar-refractivity contribution in [3.63, 3.8) is 0 Å². The Hall–Kier alpha value is -3.24. The lowest BCUT2D eigenvalue weighted by molar-refractivity contribution is -0.119. The number of rotatable bonds is 4. The molecule has 1 unspecified atom stereocenters. The number of carbonyl (C=O) groups excluding carboxylic acids is 2. The van der Waals surface area contributed by atoms with Gasteiger partial charge in [-0.25, -0.2) is 23.7 Å².